The summed E-state index contributed by atoms with van der Waals surface area (Å²) in [4.78, 5) is 12.1. The molecule has 17 heavy (non-hydrogen) atoms. The number of carbonyl (C=O) groups is 1. The molecule has 96 valence electrons. The van der Waals surface area contributed by atoms with E-state index >= 15 is 0 Å². The van der Waals surface area contributed by atoms with Crippen LogP contribution in [0.15, 0.2) is 0 Å². The lowest BCUT2D eigenvalue weighted by atomic mass is 9.83. The van der Waals surface area contributed by atoms with E-state index in [1.807, 2.05) is 0 Å². The second kappa shape index (κ2) is 5.09. The van der Waals surface area contributed by atoms with Crippen LogP contribution >= 0.6 is 0 Å². The molecule has 0 spiro atoms. The number of fused-ring (bicyclic) bond motifs is 2. The van der Waals surface area contributed by atoms with Crippen molar-refractivity contribution in [1.29, 1.82) is 0 Å². The number of rotatable bonds is 4. The van der Waals surface area contributed by atoms with Crippen molar-refractivity contribution in [2.24, 2.45) is 23.7 Å². The predicted molar refractivity (Wildman–Crippen MR) is 66.7 cm³/mol. The van der Waals surface area contributed by atoms with Gasteiger partial charge in [0.2, 0.25) is 0 Å². The van der Waals surface area contributed by atoms with Crippen LogP contribution in [0.3, 0.4) is 0 Å². The summed E-state index contributed by atoms with van der Waals surface area (Å²) in [5.74, 6) is 3.78. The monoisotopic (exact) mass is 236 g/mol. The van der Waals surface area contributed by atoms with Gasteiger partial charge in [0.1, 0.15) is 5.78 Å². The van der Waals surface area contributed by atoms with Crippen LogP contribution < -0.4 is 0 Å². The topological polar surface area (TPSA) is 26.3 Å². The fraction of sp³-hybridized carbons (Fsp3) is 0.933. The smallest absolute Gasteiger partial charge is 0.133 e. The molecule has 0 radical (unpaired) electrons. The van der Waals surface area contributed by atoms with Crippen LogP contribution in [0.25, 0.3) is 0 Å². The molecule has 2 bridgehead atoms. The molecule has 3 fully saturated rings. The quantitative estimate of drug-likeness (QED) is 0.749. The predicted octanol–water partition coefficient (Wildman–Crippen LogP) is 3.20. The van der Waals surface area contributed by atoms with Gasteiger partial charge < -0.3 is 4.74 Å². The first-order valence-electron chi connectivity index (χ1n) is 7.40. The molecule has 2 aliphatic carbocycles. The van der Waals surface area contributed by atoms with Crippen LogP contribution in [0, 0.1) is 23.7 Å². The van der Waals surface area contributed by atoms with Gasteiger partial charge in [0, 0.05) is 26.1 Å². The Morgan fingerprint density at radius 1 is 1.00 bits per heavy atom. The average Bonchev–Trinajstić information content (AvgIpc) is 2.92. The minimum absolute atomic E-state index is 0.537. The van der Waals surface area contributed by atoms with Crippen LogP contribution in [0.2, 0.25) is 0 Å². The van der Waals surface area contributed by atoms with Crippen LogP contribution in [0.5, 0.6) is 0 Å². The molecule has 0 aromatic heterocycles. The van der Waals surface area contributed by atoms with Crippen molar-refractivity contribution < 1.29 is 9.53 Å². The molecule has 1 heterocycles. The Hall–Kier alpha value is -0.370. The zero-order chi connectivity index (χ0) is 11.7. The largest absolute Gasteiger partial charge is 0.381 e. The Kier molecular flexibility index (Phi) is 3.51. The maximum atomic E-state index is 12.1. The fourth-order valence-corrected chi connectivity index (χ4v) is 4.27. The minimum Gasteiger partial charge on any atom is -0.381 e. The number of hydrogen-bond acceptors (Lipinski definition) is 2. The molecule has 0 N–H and O–H groups in total. The summed E-state index contributed by atoms with van der Waals surface area (Å²) in [5.41, 5.74) is 0. The summed E-state index contributed by atoms with van der Waals surface area (Å²) in [6.07, 6.45) is 9.54. The van der Waals surface area contributed by atoms with E-state index in [-0.39, 0.29) is 0 Å². The van der Waals surface area contributed by atoms with Gasteiger partial charge >= 0.3 is 0 Å². The molecule has 2 heteroatoms. The number of hydrogen-bond donors (Lipinski definition) is 0. The third-order valence-electron chi connectivity index (χ3n) is 5.23. The van der Waals surface area contributed by atoms with Gasteiger partial charge in [0.15, 0.2) is 0 Å². The van der Waals surface area contributed by atoms with Crippen LogP contribution in [0.4, 0.5) is 0 Å². The van der Waals surface area contributed by atoms with E-state index in [1.54, 1.807) is 0 Å². The van der Waals surface area contributed by atoms with Crippen molar-refractivity contribution in [1.82, 2.24) is 0 Å². The molecule has 3 aliphatic rings. The average molecular weight is 236 g/mol. The Balaban J connectivity index is 1.44. The molecular formula is C15H24O2. The molecule has 2 saturated carbocycles. The third kappa shape index (κ3) is 2.73. The maximum Gasteiger partial charge on any atom is 0.133 e. The second-order valence-corrected chi connectivity index (χ2v) is 6.44. The SMILES string of the molecule is O=C(CC1CCOCC1)CC1CC2CCC1C2. The van der Waals surface area contributed by atoms with E-state index in [0.29, 0.717) is 11.7 Å². The zero-order valence-electron chi connectivity index (χ0n) is 10.7. The third-order valence-corrected chi connectivity index (χ3v) is 5.23. The summed E-state index contributed by atoms with van der Waals surface area (Å²) in [6.45, 7) is 1.73. The van der Waals surface area contributed by atoms with Crippen molar-refractivity contribution in [2.75, 3.05) is 13.2 Å². The molecule has 0 amide bonds. The van der Waals surface area contributed by atoms with Gasteiger partial charge in [0.25, 0.3) is 0 Å². The van der Waals surface area contributed by atoms with Crippen molar-refractivity contribution in [2.45, 2.75) is 51.4 Å². The van der Waals surface area contributed by atoms with Crippen molar-refractivity contribution in [3.05, 3.63) is 0 Å². The van der Waals surface area contributed by atoms with E-state index < -0.39 is 0 Å². The van der Waals surface area contributed by atoms with E-state index in [9.17, 15) is 4.79 Å². The first-order chi connectivity index (χ1) is 8.31. The fourth-order valence-electron chi connectivity index (χ4n) is 4.27. The molecule has 3 rings (SSSR count). The van der Waals surface area contributed by atoms with Crippen LogP contribution in [-0.2, 0) is 9.53 Å². The van der Waals surface area contributed by atoms with Gasteiger partial charge in [-0.15, -0.1) is 0 Å². The molecule has 0 aromatic carbocycles. The van der Waals surface area contributed by atoms with Gasteiger partial charge in [-0.05, 0) is 55.8 Å². The van der Waals surface area contributed by atoms with Gasteiger partial charge in [0.05, 0.1) is 0 Å². The van der Waals surface area contributed by atoms with E-state index in [2.05, 4.69) is 0 Å². The van der Waals surface area contributed by atoms with Crippen LogP contribution in [0.1, 0.15) is 51.4 Å². The molecule has 3 unspecified atom stereocenters. The Bertz CT molecular complexity index is 281. The van der Waals surface area contributed by atoms with Gasteiger partial charge in [-0.25, -0.2) is 0 Å². The van der Waals surface area contributed by atoms with E-state index in [0.717, 1.165) is 56.7 Å². The maximum absolute atomic E-state index is 12.1. The highest BCUT2D eigenvalue weighted by Crippen LogP contribution is 2.49. The van der Waals surface area contributed by atoms with Crippen molar-refractivity contribution in [3.8, 4) is 0 Å². The first-order valence-corrected chi connectivity index (χ1v) is 7.40. The lowest BCUT2D eigenvalue weighted by molar-refractivity contribution is -0.121. The summed E-state index contributed by atoms with van der Waals surface area (Å²) >= 11 is 0. The molecular weight excluding hydrogens is 212 g/mol. The van der Waals surface area contributed by atoms with E-state index in [1.165, 1.54) is 25.7 Å². The molecule has 1 saturated heterocycles. The van der Waals surface area contributed by atoms with Crippen LogP contribution in [-0.4, -0.2) is 19.0 Å². The minimum atomic E-state index is 0.537. The number of ether oxygens (including phenoxy) is 1. The Labute approximate surface area is 104 Å². The molecule has 3 atom stereocenters. The first kappa shape index (κ1) is 11.7. The highest BCUT2D eigenvalue weighted by atomic mass is 16.5. The lowest BCUT2D eigenvalue weighted by Crippen LogP contribution is -2.21. The Morgan fingerprint density at radius 2 is 1.82 bits per heavy atom. The summed E-state index contributed by atoms with van der Waals surface area (Å²) < 4.78 is 5.34. The zero-order valence-corrected chi connectivity index (χ0v) is 10.7. The standard InChI is InChI=1S/C15H24O2/c16-15(9-11-3-5-17-6-4-11)10-14-8-12-1-2-13(14)7-12/h11-14H,1-10H2. The second-order valence-electron chi connectivity index (χ2n) is 6.44. The number of Topliss-reactive ketones (excluding diaryl/α,β-unsaturated/α-hetero) is 1. The molecule has 2 nitrogen and oxygen atoms in total. The number of ketones is 1. The van der Waals surface area contributed by atoms with Crippen molar-refractivity contribution in [3.63, 3.8) is 0 Å². The lowest BCUT2D eigenvalue weighted by Gasteiger charge is -2.24. The normalized spacial score (nSPS) is 37.5. The number of carbonyl (C=O) groups excluding carboxylic acids is 1. The highest BCUT2D eigenvalue weighted by Gasteiger charge is 2.40. The Morgan fingerprint density at radius 3 is 2.47 bits per heavy atom. The molecule has 0 aromatic rings. The van der Waals surface area contributed by atoms with Crippen molar-refractivity contribution >= 4 is 5.78 Å². The summed E-state index contributed by atoms with van der Waals surface area (Å²) in [6, 6.07) is 0. The van der Waals surface area contributed by atoms with Gasteiger partial charge in [-0.3, -0.25) is 4.79 Å². The summed E-state index contributed by atoms with van der Waals surface area (Å²) in [5, 5.41) is 0. The van der Waals surface area contributed by atoms with E-state index in [4.69, 9.17) is 4.74 Å². The van der Waals surface area contributed by atoms with Gasteiger partial charge in [-0.2, -0.15) is 0 Å². The highest BCUT2D eigenvalue weighted by molar-refractivity contribution is 5.79. The van der Waals surface area contributed by atoms with Gasteiger partial charge in [-0.1, -0.05) is 6.42 Å². The summed E-state index contributed by atoms with van der Waals surface area (Å²) in [7, 11) is 0. The molecule has 1 aliphatic heterocycles.